The summed E-state index contributed by atoms with van der Waals surface area (Å²) >= 11 is 9.44. The van der Waals surface area contributed by atoms with Crippen molar-refractivity contribution in [3.8, 4) is 0 Å². The number of fused-ring (bicyclic) bond motifs is 1. The molecule has 0 aliphatic carbocycles. The molecule has 0 saturated carbocycles. The molecule has 0 N–H and O–H groups in total. The molecular formula is C25H24BrClN2O3S. The van der Waals surface area contributed by atoms with Gasteiger partial charge in [0.05, 0.1) is 11.4 Å². The van der Waals surface area contributed by atoms with Gasteiger partial charge in [0.1, 0.15) is 0 Å². The molecule has 0 spiro atoms. The molecule has 1 amide bonds. The Balaban J connectivity index is 1.67. The number of sulfonamides is 1. The minimum Gasteiger partial charge on any atom is -0.308 e. The largest absolute Gasteiger partial charge is 0.308 e. The maximum Gasteiger partial charge on any atom is 0.243 e. The Hall–Kier alpha value is -2.19. The number of benzene rings is 3. The topological polar surface area (TPSA) is 57.7 Å². The van der Waals surface area contributed by atoms with Crippen molar-refractivity contribution in [1.29, 1.82) is 0 Å². The predicted octanol–water partition coefficient (Wildman–Crippen LogP) is 5.58. The lowest BCUT2D eigenvalue weighted by Gasteiger charge is -2.27. The molecule has 4 rings (SSSR count). The van der Waals surface area contributed by atoms with Gasteiger partial charge in [-0.05, 0) is 73.9 Å². The van der Waals surface area contributed by atoms with E-state index < -0.39 is 10.0 Å². The molecule has 5 nitrogen and oxygen atoms in total. The monoisotopic (exact) mass is 546 g/mol. The summed E-state index contributed by atoms with van der Waals surface area (Å²) in [5.41, 5.74) is 3.78. The highest BCUT2D eigenvalue weighted by Crippen LogP contribution is 2.34. The van der Waals surface area contributed by atoms with Crippen molar-refractivity contribution in [2.75, 3.05) is 11.4 Å². The number of nitrogens with zero attached hydrogens (tertiary/aromatic N) is 2. The van der Waals surface area contributed by atoms with Crippen LogP contribution in [0.3, 0.4) is 0 Å². The summed E-state index contributed by atoms with van der Waals surface area (Å²) in [6.45, 7) is 3.77. The number of hydrogen-bond donors (Lipinski definition) is 0. The number of carbonyl (C=O) groups is 1. The zero-order valence-corrected chi connectivity index (χ0v) is 21.5. The number of amides is 1. The predicted molar refractivity (Wildman–Crippen MR) is 135 cm³/mol. The second kappa shape index (κ2) is 9.58. The van der Waals surface area contributed by atoms with Crippen molar-refractivity contribution >= 4 is 49.1 Å². The molecule has 0 unspecified atom stereocenters. The number of rotatable bonds is 6. The fraction of sp³-hybridized carbons (Fsp3) is 0.240. The van der Waals surface area contributed by atoms with Gasteiger partial charge < -0.3 is 4.90 Å². The molecule has 0 bridgehead atoms. The van der Waals surface area contributed by atoms with Crippen LogP contribution in [0.1, 0.15) is 23.6 Å². The second-order valence-corrected chi connectivity index (χ2v) is 11.6. The first-order valence-corrected chi connectivity index (χ1v) is 13.2. The van der Waals surface area contributed by atoms with E-state index in [-0.39, 0.29) is 29.9 Å². The average molecular weight is 548 g/mol. The highest BCUT2D eigenvalue weighted by molar-refractivity contribution is 9.10. The van der Waals surface area contributed by atoms with E-state index in [1.54, 1.807) is 4.90 Å². The van der Waals surface area contributed by atoms with Gasteiger partial charge in [-0.1, -0.05) is 57.4 Å². The van der Waals surface area contributed by atoms with Gasteiger partial charge in [0.25, 0.3) is 0 Å². The van der Waals surface area contributed by atoms with E-state index in [4.69, 9.17) is 11.6 Å². The first kappa shape index (κ1) is 24.0. The van der Waals surface area contributed by atoms with E-state index in [9.17, 15) is 13.2 Å². The first-order valence-electron chi connectivity index (χ1n) is 10.6. The van der Waals surface area contributed by atoms with E-state index in [1.807, 2.05) is 56.3 Å². The molecule has 0 fully saturated rings. The van der Waals surface area contributed by atoms with Crippen LogP contribution in [0.15, 0.2) is 76.1 Å². The molecule has 0 saturated heterocycles. The summed E-state index contributed by atoms with van der Waals surface area (Å²) in [5.74, 6) is -0.256. The molecule has 3 aromatic carbocycles. The van der Waals surface area contributed by atoms with Crippen LogP contribution in [-0.2, 0) is 27.8 Å². The summed E-state index contributed by atoms with van der Waals surface area (Å²) < 4.78 is 29.3. The quantitative estimate of drug-likeness (QED) is 0.405. The molecule has 0 radical (unpaired) electrons. The lowest BCUT2D eigenvalue weighted by molar-refractivity contribution is -0.119. The van der Waals surface area contributed by atoms with Crippen molar-refractivity contribution in [2.45, 2.75) is 37.8 Å². The summed E-state index contributed by atoms with van der Waals surface area (Å²) in [6.07, 6.45) is 0.725. The van der Waals surface area contributed by atoms with E-state index in [0.29, 0.717) is 5.02 Å². The van der Waals surface area contributed by atoms with Crippen molar-refractivity contribution in [3.05, 3.63) is 92.9 Å². The second-order valence-electron chi connectivity index (χ2n) is 8.30. The van der Waals surface area contributed by atoms with E-state index >= 15 is 0 Å². The van der Waals surface area contributed by atoms with Crippen LogP contribution in [-0.4, -0.2) is 31.2 Å². The summed E-state index contributed by atoms with van der Waals surface area (Å²) in [4.78, 5) is 15.3. The standard InChI is InChI=1S/C25H24BrClN2O3S/c1-17-3-5-19(6-4-17)15-28(33(31,32)23-10-8-22(27)9-11-23)16-25(30)29-18(2)13-20-14-21(26)7-12-24(20)29/h3-12,14,18H,13,15-16H2,1-2H3/t18-/m1/s1. The number of aryl methyl sites for hydroxylation is 1. The Labute approximate surface area is 208 Å². The van der Waals surface area contributed by atoms with Gasteiger partial charge in [0.15, 0.2) is 0 Å². The van der Waals surface area contributed by atoms with Gasteiger partial charge in [-0.2, -0.15) is 4.31 Å². The molecule has 33 heavy (non-hydrogen) atoms. The number of carbonyl (C=O) groups excluding carboxylic acids is 1. The van der Waals surface area contributed by atoms with Crippen molar-refractivity contribution in [2.24, 2.45) is 0 Å². The number of hydrogen-bond acceptors (Lipinski definition) is 3. The lowest BCUT2D eigenvalue weighted by Crippen LogP contribution is -2.44. The molecule has 1 aliphatic rings. The third kappa shape index (κ3) is 5.17. The maximum atomic E-state index is 13.5. The minimum absolute atomic E-state index is 0.0544. The van der Waals surface area contributed by atoms with Crippen LogP contribution in [0.2, 0.25) is 5.02 Å². The fourth-order valence-electron chi connectivity index (χ4n) is 4.09. The van der Waals surface area contributed by atoms with E-state index in [1.165, 1.54) is 28.6 Å². The minimum atomic E-state index is -3.93. The first-order chi connectivity index (χ1) is 15.6. The molecule has 3 aromatic rings. The van der Waals surface area contributed by atoms with Crippen LogP contribution in [0.25, 0.3) is 0 Å². The van der Waals surface area contributed by atoms with Gasteiger partial charge in [0.2, 0.25) is 15.9 Å². The smallest absolute Gasteiger partial charge is 0.243 e. The molecule has 1 aliphatic heterocycles. The molecule has 1 heterocycles. The van der Waals surface area contributed by atoms with Gasteiger partial charge >= 0.3 is 0 Å². The molecule has 1 atom stereocenters. The Bertz CT molecular complexity index is 1280. The van der Waals surface area contributed by atoms with Crippen LogP contribution >= 0.6 is 27.5 Å². The van der Waals surface area contributed by atoms with Crippen LogP contribution in [0, 0.1) is 6.92 Å². The van der Waals surface area contributed by atoms with Crippen molar-refractivity contribution < 1.29 is 13.2 Å². The van der Waals surface area contributed by atoms with Crippen LogP contribution in [0.5, 0.6) is 0 Å². The van der Waals surface area contributed by atoms with Gasteiger partial charge in [-0.3, -0.25) is 4.79 Å². The highest BCUT2D eigenvalue weighted by atomic mass is 79.9. The Kier molecular flexibility index (Phi) is 6.96. The lowest BCUT2D eigenvalue weighted by atomic mass is 10.1. The van der Waals surface area contributed by atoms with Crippen molar-refractivity contribution in [1.82, 2.24) is 4.31 Å². The summed E-state index contributed by atoms with van der Waals surface area (Å²) in [5, 5.41) is 0.448. The van der Waals surface area contributed by atoms with Gasteiger partial charge in [0, 0.05) is 27.8 Å². The SMILES string of the molecule is Cc1ccc(CN(CC(=O)N2c3ccc(Br)cc3C[C@H]2C)S(=O)(=O)c2ccc(Cl)cc2)cc1. The zero-order chi connectivity index (χ0) is 23.8. The third-order valence-electron chi connectivity index (χ3n) is 5.77. The Morgan fingerprint density at radius 2 is 1.76 bits per heavy atom. The summed E-state index contributed by atoms with van der Waals surface area (Å²) in [6, 6.07) is 19.4. The Morgan fingerprint density at radius 1 is 1.09 bits per heavy atom. The third-order valence-corrected chi connectivity index (χ3v) is 8.32. The number of halogens is 2. The van der Waals surface area contributed by atoms with Crippen LogP contribution < -0.4 is 4.90 Å². The fourth-order valence-corrected chi connectivity index (χ4v) is 6.00. The number of anilines is 1. The molecular weight excluding hydrogens is 524 g/mol. The van der Waals surface area contributed by atoms with E-state index in [2.05, 4.69) is 15.9 Å². The molecule has 172 valence electrons. The maximum absolute atomic E-state index is 13.5. The zero-order valence-electron chi connectivity index (χ0n) is 18.3. The highest BCUT2D eigenvalue weighted by Gasteiger charge is 2.34. The van der Waals surface area contributed by atoms with Crippen molar-refractivity contribution in [3.63, 3.8) is 0 Å². The molecule has 0 aromatic heterocycles. The molecule has 8 heteroatoms. The van der Waals surface area contributed by atoms with Gasteiger partial charge in [-0.25, -0.2) is 8.42 Å². The van der Waals surface area contributed by atoms with E-state index in [0.717, 1.165) is 33.3 Å². The Morgan fingerprint density at radius 3 is 2.42 bits per heavy atom. The summed E-state index contributed by atoms with van der Waals surface area (Å²) in [7, 11) is -3.93. The van der Waals surface area contributed by atoms with Crippen LogP contribution in [0.4, 0.5) is 5.69 Å². The van der Waals surface area contributed by atoms with Gasteiger partial charge in [-0.15, -0.1) is 0 Å². The average Bonchev–Trinajstić information content (AvgIpc) is 3.09. The normalized spacial score (nSPS) is 15.7.